The van der Waals surface area contributed by atoms with Crippen molar-refractivity contribution in [1.29, 1.82) is 0 Å². The minimum atomic E-state index is -0.369. The van der Waals surface area contributed by atoms with Crippen LogP contribution in [0.1, 0.15) is 70.7 Å². The normalized spacial score (nSPS) is 22.1. The standard InChI is InChI=1S/C21H30O2/c1-20(2,3)18(22)17-12-11-15(13-17)14-21(4,5)19(23)16-9-7-6-8-10-16/h6-10,15,17H,11-14H2,1-5H3. The molecule has 0 heterocycles. The maximum absolute atomic E-state index is 12.8. The van der Waals surface area contributed by atoms with Crippen LogP contribution in [-0.2, 0) is 4.79 Å². The zero-order valence-electron chi connectivity index (χ0n) is 15.2. The average Bonchev–Trinajstić information content (AvgIpc) is 2.93. The predicted octanol–water partition coefficient (Wildman–Crippen LogP) is 5.32. The molecule has 2 heteroatoms. The Morgan fingerprint density at radius 3 is 2.17 bits per heavy atom. The Bertz CT molecular complexity index is 563. The smallest absolute Gasteiger partial charge is 0.168 e. The fraction of sp³-hybridized carbons (Fsp3) is 0.619. The maximum Gasteiger partial charge on any atom is 0.168 e. The first kappa shape index (κ1) is 17.9. The highest BCUT2D eigenvalue weighted by atomic mass is 16.1. The van der Waals surface area contributed by atoms with Crippen LogP contribution >= 0.6 is 0 Å². The number of hydrogen-bond acceptors (Lipinski definition) is 2. The molecule has 2 atom stereocenters. The van der Waals surface area contributed by atoms with Gasteiger partial charge in [0.1, 0.15) is 5.78 Å². The van der Waals surface area contributed by atoms with Gasteiger partial charge in [0, 0.05) is 22.3 Å². The van der Waals surface area contributed by atoms with Gasteiger partial charge < -0.3 is 0 Å². The zero-order chi connectivity index (χ0) is 17.3. The molecule has 1 aliphatic carbocycles. The number of rotatable bonds is 5. The van der Waals surface area contributed by atoms with E-state index in [9.17, 15) is 9.59 Å². The highest BCUT2D eigenvalue weighted by Crippen LogP contribution is 2.42. The number of benzene rings is 1. The molecular formula is C21H30O2. The van der Waals surface area contributed by atoms with E-state index in [1.165, 1.54) is 0 Å². The van der Waals surface area contributed by atoms with E-state index in [2.05, 4.69) is 0 Å². The van der Waals surface area contributed by atoms with Gasteiger partial charge in [0.05, 0.1) is 0 Å². The highest BCUT2D eigenvalue weighted by Gasteiger charge is 2.39. The van der Waals surface area contributed by atoms with E-state index in [0.29, 0.717) is 11.7 Å². The molecule has 1 aliphatic rings. The molecule has 1 fully saturated rings. The van der Waals surface area contributed by atoms with Gasteiger partial charge in [0.15, 0.2) is 5.78 Å². The van der Waals surface area contributed by atoms with E-state index in [4.69, 9.17) is 0 Å². The first-order valence-corrected chi connectivity index (χ1v) is 8.75. The lowest BCUT2D eigenvalue weighted by molar-refractivity contribution is -0.130. The Labute approximate surface area is 140 Å². The van der Waals surface area contributed by atoms with Gasteiger partial charge >= 0.3 is 0 Å². The summed E-state index contributed by atoms with van der Waals surface area (Å²) in [5, 5.41) is 0. The van der Waals surface area contributed by atoms with Crippen LogP contribution in [0, 0.1) is 22.7 Å². The fourth-order valence-electron chi connectivity index (χ4n) is 3.91. The van der Waals surface area contributed by atoms with Gasteiger partial charge in [-0.2, -0.15) is 0 Å². The van der Waals surface area contributed by atoms with Crippen LogP contribution in [0.5, 0.6) is 0 Å². The molecule has 0 spiro atoms. The summed E-state index contributed by atoms with van der Waals surface area (Å²) in [6, 6.07) is 9.55. The first-order valence-electron chi connectivity index (χ1n) is 8.75. The summed E-state index contributed by atoms with van der Waals surface area (Å²) in [7, 11) is 0. The molecule has 0 saturated heterocycles. The molecule has 0 bridgehead atoms. The van der Waals surface area contributed by atoms with Crippen LogP contribution in [0.15, 0.2) is 30.3 Å². The van der Waals surface area contributed by atoms with Crippen molar-refractivity contribution in [3.63, 3.8) is 0 Å². The summed E-state index contributed by atoms with van der Waals surface area (Å²) in [6.07, 6.45) is 3.87. The van der Waals surface area contributed by atoms with Crippen molar-refractivity contribution in [1.82, 2.24) is 0 Å². The van der Waals surface area contributed by atoms with Crippen molar-refractivity contribution in [2.45, 2.75) is 60.3 Å². The summed E-state index contributed by atoms with van der Waals surface area (Å²) >= 11 is 0. The lowest BCUT2D eigenvalue weighted by atomic mass is 9.75. The third-order valence-corrected chi connectivity index (χ3v) is 5.10. The van der Waals surface area contributed by atoms with E-state index in [1.807, 2.05) is 65.0 Å². The second-order valence-electron chi connectivity index (χ2n) is 8.77. The molecule has 1 aromatic carbocycles. The zero-order valence-corrected chi connectivity index (χ0v) is 15.2. The molecule has 2 unspecified atom stereocenters. The van der Waals surface area contributed by atoms with Gasteiger partial charge in [-0.15, -0.1) is 0 Å². The van der Waals surface area contributed by atoms with Gasteiger partial charge in [0.2, 0.25) is 0 Å². The van der Waals surface area contributed by atoms with E-state index in [-0.39, 0.29) is 22.5 Å². The van der Waals surface area contributed by atoms with Crippen molar-refractivity contribution in [2.24, 2.45) is 22.7 Å². The second-order valence-corrected chi connectivity index (χ2v) is 8.77. The molecule has 23 heavy (non-hydrogen) atoms. The van der Waals surface area contributed by atoms with Gasteiger partial charge in [0.25, 0.3) is 0 Å². The Morgan fingerprint density at radius 2 is 1.61 bits per heavy atom. The predicted molar refractivity (Wildman–Crippen MR) is 94.5 cm³/mol. The topological polar surface area (TPSA) is 34.1 Å². The molecule has 0 N–H and O–H groups in total. The molecule has 126 valence electrons. The van der Waals surface area contributed by atoms with Crippen molar-refractivity contribution < 1.29 is 9.59 Å². The SMILES string of the molecule is CC(C)(C)C(=O)C1CCC(CC(C)(C)C(=O)c2ccccc2)C1. The Morgan fingerprint density at radius 1 is 1.00 bits per heavy atom. The summed E-state index contributed by atoms with van der Waals surface area (Å²) in [4.78, 5) is 25.2. The van der Waals surface area contributed by atoms with Crippen LogP contribution in [0.4, 0.5) is 0 Å². The van der Waals surface area contributed by atoms with E-state index in [1.54, 1.807) is 0 Å². The van der Waals surface area contributed by atoms with Crippen LogP contribution < -0.4 is 0 Å². The summed E-state index contributed by atoms with van der Waals surface area (Å²) in [5.74, 6) is 1.26. The van der Waals surface area contributed by atoms with Gasteiger partial charge in [-0.25, -0.2) is 0 Å². The van der Waals surface area contributed by atoms with E-state index in [0.717, 1.165) is 31.2 Å². The minimum absolute atomic E-state index is 0.183. The number of ketones is 2. The Hall–Kier alpha value is -1.44. The molecule has 1 aromatic rings. The summed E-state index contributed by atoms with van der Waals surface area (Å²) < 4.78 is 0. The minimum Gasteiger partial charge on any atom is -0.299 e. The van der Waals surface area contributed by atoms with E-state index < -0.39 is 0 Å². The molecule has 0 amide bonds. The second kappa shape index (κ2) is 6.59. The molecule has 0 aromatic heterocycles. The molecule has 2 rings (SSSR count). The monoisotopic (exact) mass is 314 g/mol. The van der Waals surface area contributed by atoms with Crippen molar-refractivity contribution >= 4 is 11.6 Å². The van der Waals surface area contributed by atoms with Crippen molar-refractivity contribution in [2.75, 3.05) is 0 Å². The highest BCUT2D eigenvalue weighted by molar-refractivity contribution is 6.00. The number of carbonyl (C=O) groups is 2. The lowest BCUT2D eigenvalue weighted by Gasteiger charge is -2.27. The van der Waals surface area contributed by atoms with Gasteiger partial charge in [-0.1, -0.05) is 65.0 Å². The van der Waals surface area contributed by atoms with Crippen LogP contribution in [0.25, 0.3) is 0 Å². The number of Topliss-reactive ketones (excluding diaryl/α,β-unsaturated/α-hetero) is 2. The van der Waals surface area contributed by atoms with Crippen molar-refractivity contribution in [3.8, 4) is 0 Å². The molecule has 0 aliphatic heterocycles. The van der Waals surface area contributed by atoms with Crippen molar-refractivity contribution in [3.05, 3.63) is 35.9 Å². The quantitative estimate of drug-likeness (QED) is 0.689. The summed E-state index contributed by atoms with van der Waals surface area (Å²) in [6.45, 7) is 10.1. The largest absolute Gasteiger partial charge is 0.299 e. The molecule has 1 saturated carbocycles. The average molecular weight is 314 g/mol. The third kappa shape index (κ3) is 4.31. The third-order valence-electron chi connectivity index (χ3n) is 5.10. The Balaban J connectivity index is 2.00. The molecular weight excluding hydrogens is 284 g/mol. The summed E-state index contributed by atoms with van der Waals surface area (Å²) in [5.41, 5.74) is 0.165. The first-order chi connectivity index (χ1) is 10.6. The van der Waals surface area contributed by atoms with Gasteiger partial charge in [-0.3, -0.25) is 9.59 Å². The maximum atomic E-state index is 12.8. The lowest BCUT2D eigenvalue weighted by Crippen LogP contribution is -2.28. The fourth-order valence-corrected chi connectivity index (χ4v) is 3.91. The number of carbonyl (C=O) groups excluding carboxylic acids is 2. The van der Waals surface area contributed by atoms with Gasteiger partial charge in [-0.05, 0) is 31.6 Å². The van der Waals surface area contributed by atoms with Crippen LogP contribution in [0.3, 0.4) is 0 Å². The molecule has 2 nitrogen and oxygen atoms in total. The number of hydrogen-bond donors (Lipinski definition) is 0. The van der Waals surface area contributed by atoms with Crippen LogP contribution in [-0.4, -0.2) is 11.6 Å². The Kier molecular flexibility index (Phi) is 5.13. The molecule has 0 radical (unpaired) electrons. The van der Waals surface area contributed by atoms with Crippen LogP contribution in [0.2, 0.25) is 0 Å². The van der Waals surface area contributed by atoms with E-state index >= 15 is 0 Å².